The average Bonchev–Trinajstić information content (AvgIpc) is 3.33. The molecule has 234 valence electrons. The van der Waals surface area contributed by atoms with Gasteiger partial charge in [-0.05, 0) is 70.7 Å². The molecule has 10 heteroatoms. The molecular weight excluding hydrogens is 559 g/mol. The van der Waals surface area contributed by atoms with E-state index in [1.165, 1.54) is 11.6 Å². The van der Waals surface area contributed by atoms with Gasteiger partial charge in [-0.15, -0.1) is 0 Å². The summed E-state index contributed by atoms with van der Waals surface area (Å²) < 4.78 is 20.3. The lowest BCUT2D eigenvalue weighted by Gasteiger charge is -2.41. The number of ether oxygens (including phenoxy) is 1. The van der Waals surface area contributed by atoms with Crippen LogP contribution in [0.25, 0.3) is 0 Å². The molecule has 1 aromatic heterocycles. The fourth-order valence-corrected chi connectivity index (χ4v) is 7.19. The number of hydrogen-bond donors (Lipinski definition) is 0. The number of aryl methyl sites for hydroxylation is 1. The van der Waals surface area contributed by atoms with E-state index in [4.69, 9.17) is 14.7 Å². The van der Waals surface area contributed by atoms with Crippen molar-refractivity contribution in [2.75, 3.05) is 44.7 Å². The maximum absolute atomic E-state index is 14.1. The Kier molecular flexibility index (Phi) is 9.64. The number of nitrogens with zero attached hydrogens (tertiary/aromatic N) is 6. The summed E-state index contributed by atoms with van der Waals surface area (Å²) in [6, 6.07) is 10.2. The van der Waals surface area contributed by atoms with Crippen molar-refractivity contribution in [3.05, 3.63) is 58.8 Å². The van der Waals surface area contributed by atoms with Gasteiger partial charge in [0.15, 0.2) is 0 Å². The third-order valence-electron chi connectivity index (χ3n) is 9.67. The molecule has 1 aliphatic carbocycles. The zero-order chi connectivity index (χ0) is 31.4. The maximum atomic E-state index is 14.1. The van der Waals surface area contributed by atoms with E-state index in [9.17, 15) is 19.2 Å². The summed E-state index contributed by atoms with van der Waals surface area (Å²) in [4.78, 5) is 41.9. The number of likely N-dealkylation sites (N-methyl/N-ethyl adjacent to an activating group) is 1. The third-order valence-corrected chi connectivity index (χ3v) is 9.67. The highest BCUT2D eigenvalue weighted by molar-refractivity contribution is 5.89. The van der Waals surface area contributed by atoms with Crippen LogP contribution in [0.5, 0.6) is 6.01 Å². The second-order valence-electron chi connectivity index (χ2n) is 12.5. The maximum Gasteiger partial charge on any atom is 0.318 e. The number of carbonyl (C=O) groups is 2. The van der Waals surface area contributed by atoms with Gasteiger partial charge < -0.3 is 14.5 Å². The van der Waals surface area contributed by atoms with Crippen molar-refractivity contribution in [3.8, 4) is 12.1 Å². The Hall–Kier alpha value is -3.84. The molecule has 2 fully saturated rings. The molecule has 0 bridgehead atoms. The molecule has 1 aromatic carbocycles. The van der Waals surface area contributed by atoms with Crippen molar-refractivity contribution in [3.63, 3.8) is 0 Å². The molecule has 3 heterocycles. The molecule has 2 aliphatic heterocycles. The molecule has 5 rings (SSSR count). The van der Waals surface area contributed by atoms with Crippen molar-refractivity contribution in [2.24, 2.45) is 0 Å². The molecule has 4 atom stereocenters. The zero-order valence-electron chi connectivity index (χ0n) is 26.3. The summed E-state index contributed by atoms with van der Waals surface area (Å²) in [6.07, 6.45) is 5.94. The minimum Gasteiger partial charge on any atom is -0.462 e. The first kappa shape index (κ1) is 31.6. The Morgan fingerprint density at radius 3 is 2.70 bits per heavy atom. The zero-order valence-corrected chi connectivity index (χ0v) is 26.3. The number of Topliss-reactive ketones (excluding diaryl/α,β-unsaturated/α-hetero) is 1. The van der Waals surface area contributed by atoms with Crippen molar-refractivity contribution in [1.29, 1.82) is 5.26 Å². The summed E-state index contributed by atoms with van der Waals surface area (Å²) in [5.74, 6) is 0.679. The number of hydrogen-bond acceptors (Lipinski definition) is 8. The molecule has 0 radical (unpaired) electrons. The molecule has 1 unspecified atom stereocenters. The lowest BCUT2D eigenvalue weighted by atomic mass is 9.65. The van der Waals surface area contributed by atoms with Gasteiger partial charge in [0.05, 0.1) is 29.6 Å². The van der Waals surface area contributed by atoms with Crippen molar-refractivity contribution >= 4 is 17.5 Å². The van der Waals surface area contributed by atoms with Crippen molar-refractivity contribution < 1.29 is 18.7 Å². The van der Waals surface area contributed by atoms with Gasteiger partial charge in [-0.1, -0.05) is 30.3 Å². The topological polar surface area (TPSA) is 103 Å². The van der Waals surface area contributed by atoms with E-state index in [1.54, 1.807) is 24.8 Å². The largest absolute Gasteiger partial charge is 0.462 e. The predicted octanol–water partition coefficient (Wildman–Crippen LogP) is 4.12. The van der Waals surface area contributed by atoms with Gasteiger partial charge in [0.25, 0.3) is 0 Å². The van der Waals surface area contributed by atoms with E-state index in [1.807, 2.05) is 31.0 Å². The standard InChI is InChI=1S/C34H43FN6O3/c1-5-9-31(43)41-17-16-40(21-27(41)13-15-36)32-23(2)30(37-33(38-32)44-22-28-18-26(35)20-39(28)4)19-34(24(3)42)14-8-11-25-10-6-7-12-29(25)34/h5-7,9-10,12,26-28H,8,11,13-14,16-22H2,1-4H3/b9-5+/t26-,27+,28+,34?/m1/s1. The van der Waals surface area contributed by atoms with Crippen LogP contribution < -0.4 is 9.64 Å². The number of amides is 1. The van der Waals surface area contributed by atoms with Crippen LogP contribution in [-0.4, -0.2) is 89.5 Å². The van der Waals surface area contributed by atoms with Crippen LogP contribution in [0, 0.1) is 18.3 Å². The number of carbonyl (C=O) groups excluding carboxylic acids is 2. The number of fused-ring (bicyclic) bond motifs is 1. The van der Waals surface area contributed by atoms with Gasteiger partial charge >= 0.3 is 6.01 Å². The van der Waals surface area contributed by atoms with Crippen LogP contribution in [-0.2, 0) is 27.8 Å². The number of anilines is 1. The van der Waals surface area contributed by atoms with Crippen molar-refractivity contribution in [1.82, 2.24) is 19.8 Å². The number of rotatable bonds is 9. The minimum atomic E-state index is -0.890. The van der Waals surface area contributed by atoms with Crippen LogP contribution in [0.1, 0.15) is 61.9 Å². The van der Waals surface area contributed by atoms with E-state index in [0.717, 1.165) is 36.1 Å². The van der Waals surface area contributed by atoms with Crippen LogP contribution >= 0.6 is 0 Å². The van der Waals surface area contributed by atoms with Crippen molar-refractivity contribution in [2.45, 2.75) is 83.0 Å². The number of halogens is 1. The second-order valence-corrected chi connectivity index (χ2v) is 12.5. The molecule has 0 N–H and O–H groups in total. The fourth-order valence-electron chi connectivity index (χ4n) is 7.19. The first-order valence-electron chi connectivity index (χ1n) is 15.7. The lowest BCUT2D eigenvalue weighted by Crippen LogP contribution is -2.55. The summed E-state index contributed by atoms with van der Waals surface area (Å²) in [6.45, 7) is 7.48. The SMILES string of the molecule is C/C=C/C(=O)N1CCN(c2nc(OC[C@@H]3C[C@@H](F)CN3C)nc(CC3(C(C)=O)CCCc4ccccc43)c2C)C[C@@H]1CC#N. The monoisotopic (exact) mass is 602 g/mol. The van der Waals surface area contributed by atoms with Gasteiger partial charge in [0.1, 0.15) is 24.4 Å². The highest BCUT2D eigenvalue weighted by Crippen LogP contribution is 2.42. The summed E-state index contributed by atoms with van der Waals surface area (Å²) in [7, 11) is 1.89. The molecule has 1 amide bonds. The molecule has 44 heavy (non-hydrogen) atoms. The number of ketones is 1. The Balaban J connectivity index is 1.52. The van der Waals surface area contributed by atoms with Gasteiger partial charge in [-0.2, -0.15) is 15.2 Å². The third kappa shape index (κ3) is 6.34. The van der Waals surface area contributed by atoms with Gasteiger partial charge in [0, 0.05) is 44.2 Å². The smallest absolute Gasteiger partial charge is 0.318 e. The molecule has 9 nitrogen and oxygen atoms in total. The first-order chi connectivity index (χ1) is 21.2. The highest BCUT2D eigenvalue weighted by Gasteiger charge is 2.42. The normalized spacial score (nSPS) is 25.6. The number of allylic oxidation sites excluding steroid dienone is 1. The highest BCUT2D eigenvalue weighted by atomic mass is 19.1. The van der Waals surface area contributed by atoms with E-state index < -0.39 is 11.6 Å². The molecular formula is C34H43FN6O3. The number of likely N-dealkylation sites (tertiary alicyclic amines) is 1. The van der Waals surface area contributed by atoms with E-state index >= 15 is 0 Å². The summed E-state index contributed by atoms with van der Waals surface area (Å²) in [5.41, 5.74) is 3.14. The van der Waals surface area contributed by atoms with Gasteiger partial charge in [-0.25, -0.2) is 4.39 Å². The predicted molar refractivity (Wildman–Crippen MR) is 166 cm³/mol. The Labute approximate surface area is 259 Å². The summed E-state index contributed by atoms with van der Waals surface area (Å²) >= 11 is 0. The molecule has 3 aliphatic rings. The van der Waals surface area contributed by atoms with Crippen LogP contribution in [0.4, 0.5) is 10.2 Å². The number of aromatic nitrogens is 2. The van der Waals surface area contributed by atoms with Crippen LogP contribution in [0.2, 0.25) is 0 Å². The first-order valence-corrected chi connectivity index (χ1v) is 15.7. The number of alkyl halides is 1. The molecule has 2 aromatic rings. The fraction of sp³-hybridized carbons (Fsp3) is 0.559. The van der Waals surface area contributed by atoms with Gasteiger partial charge in [-0.3, -0.25) is 14.5 Å². The molecule has 0 saturated carbocycles. The minimum absolute atomic E-state index is 0.0863. The number of nitriles is 1. The van der Waals surface area contributed by atoms with E-state index in [-0.39, 0.29) is 42.8 Å². The Bertz CT molecular complexity index is 1460. The summed E-state index contributed by atoms with van der Waals surface area (Å²) in [5, 5.41) is 9.57. The van der Waals surface area contributed by atoms with Gasteiger partial charge in [0.2, 0.25) is 5.91 Å². The Morgan fingerprint density at radius 2 is 2.00 bits per heavy atom. The van der Waals surface area contributed by atoms with Crippen LogP contribution in [0.15, 0.2) is 36.4 Å². The number of piperazine rings is 1. The molecule has 0 spiro atoms. The average molecular weight is 603 g/mol. The Morgan fingerprint density at radius 1 is 1.20 bits per heavy atom. The van der Waals surface area contributed by atoms with Crippen LogP contribution in [0.3, 0.4) is 0 Å². The quantitative estimate of drug-likeness (QED) is 0.395. The second kappa shape index (κ2) is 13.4. The lowest BCUT2D eigenvalue weighted by molar-refractivity contribution is -0.128. The molecule has 2 saturated heterocycles. The van der Waals surface area contributed by atoms with E-state index in [0.29, 0.717) is 44.8 Å². The van der Waals surface area contributed by atoms with E-state index in [2.05, 4.69) is 23.1 Å². The number of benzene rings is 1.